The van der Waals surface area contributed by atoms with E-state index in [4.69, 9.17) is 43.1 Å². The maximum absolute atomic E-state index is 10.6. The smallest absolute Gasteiger partial charge is 0.475 e. The molecule has 12 heteroatoms. The molecule has 192 valence electrons. The van der Waals surface area contributed by atoms with Crippen molar-refractivity contribution in [3.63, 3.8) is 0 Å². The van der Waals surface area contributed by atoms with Gasteiger partial charge in [0, 0.05) is 38.8 Å². The van der Waals surface area contributed by atoms with Crippen LogP contribution in [0.4, 0.5) is 24.8 Å². The predicted octanol–water partition coefficient (Wildman–Crippen LogP) is 5.47. The fraction of sp³-hybridized carbons (Fsp3) is 0.375. The summed E-state index contributed by atoms with van der Waals surface area (Å²) in [6.07, 6.45) is -2.66. The summed E-state index contributed by atoms with van der Waals surface area (Å²) in [7, 11) is 0. The molecule has 2 aromatic carbocycles. The van der Waals surface area contributed by atoms with E-state index in [0.717, 1.165) is 61.0 Å². The molecule has 1 aromatic heterocycles. The van der Waals surface area contributed by atoms with Crippen LogP contribution in [0.3, 0.4) is 0 Å². The number of carboxylic acid groups (broad SMARTS) is 1. The minimum Gasteiger partial charge on any atom is -0.475 e. The Balaban J connectivity index is 0.000000384. The van der Waals surface area contributed by atoms with Gasteiger partial charge >= 0.3 is 12.1 Å². The van der Waals surface area contributed by atoms with Gasteiger partial charge in [0.2, 0.25) is 0 Å². The first kappa shape index (κ1) is 26.2. The molecule has 2 aliphatic rings. The van der Waals surface area contributed by atoms with Crippen molar-refractivity contribution in [1.29, 1.82) is 0 Å². The highest BCUT2D eigenvalue weighted by atomic mass is 35.5. The number of carboxylic acids is 1. The zero-order chi connectivity index (χ0) is 25.9. The number of fused-ring (bicyclic) bond motifs is 1. The number of piperazine rings is 1. The van der Waals surface area contributed by atoms with Gasteiger partial charge in [-0.05, 0) is 36.6 Å². The third kappa shape index (κ3) is 6.68. The van der Waals surface area contributed by atoms with Crippen molar-refractivity contribution >= 4 is 51.8 Å². The third-order valence-electron chi connectivity index (χ3n) is 5.81. The van der Waals surface area contributed by atoms with E-state index in [0.29, 0.717) is 16.1 Å². The van der Waals surface area contributed by atoms with E-state index in [2.05, 4.69) is 15.1 Å². The van der Waals surface area contributed by atoms with Gasteiger partial charge in [0.15, 0.2) is 11.6 Å². The summed E-state index contributed by atoms with van der Waals surface area (Å²) in [4.78, 5) is 23.5. The number of halogens is 5. The Kier molecular flexibility index (Phi) is 8.07. The summed E-state index contributed by atoms with van der Waals surface area (Å²) in [5.41, 5.74) is 2.96. The Morgan fingerprint density at radius 1 is 1.00 bits per heavy atom. The van der Waals surface area contributed by atoms with E-state index in [-0.39, 0.29) is 0 Å². The lowest BCUT2D eigenvalue weighted by Gasteiger charge is -2.36. The summed E-state index contributed by atoms with van der Waals surface area (Å²) in [6.45, 7) is 4.51. The zero-order valence-corrected chi connectivity index (χ0v) is 20.6. The highest BCUT2D eigenvalue weighted by Gasteiger charge is 2.38. The van der Waals surface area contributed by atoms with Crippen molar-refractivity contribution in [2.75, 3.05) is 36.4 Å². The lowest BCUT2D eigenvalue weighted by atomic mass is 10.2. The molecule has 0 bridgehead atoms. The number of aliphatic carboxylic acids is 1. The maximum atomic E-state index is 10.6. The van der Waals surface area contributed by atoms with E-state index < -0.39 is 12.1 Å². The van der Waals surface area contributed by atoms with Gasteiger partial charge < -0.3 is 15.3 Å². The summed E-state index contributed by atoms with van der Waals surface area (Å²) >= 11 is 12.5. The maximum Gasteiger partial charge on any atom is 0.490 e. The van der Waals surface area contributed by atoms with Gasteiger partial charge in [-0.3, -0.25) is 4.90 Å². The Bertz CT molecular complexity index is 1230. The number of rotatable bonds is 5. The van der Waals surface area contributed by atoms with Crippen LogP contribution < -0.4 is 10.2 Å². The minimum atomic E-state index is -5.08. The van der Waals surface area contributed by atoms with Crippen LogP contribution in [0.25, 0.3) is 11.0 Å². The Morgan fingerprint density at radius 2 is 1.61 bits per heavy atom. The summed E-state index contributed by atoms with van der Waals surface area (Å²) < 4.78 is 31.7. The molecule has 0 unspecified atom stereocenters. The van der Waals surface area contributed by atoms with Crippen molar-refractivity contribution < 1.29 is 23.1 Å². The van der Waals surface area contributed by atoms with Crippen LogP contribution in [-0.2, 0) is 11.3 Å². The Hall–Kier alpha value is -2.82. The SMILES string of the molecule is Clc1cccc(CN2CCN(c3nc4ccccc4nc3NC3CC3)CC2)c1Cl.O=C(O)C(F)(F)F. The van der Waals surface area contributed by atoms with E-state index in [9.17, 15) is 13.2 Å². The number of hydrogen-bond acceptors (Lipinski definition) is 6. The number of nitrogens with one attached hydrogen (secondary N) is 1. The molecule has 2 N–H and O–H groups in total. The molecular formula is C24H24Cl2F3N5O2. The second-order valence-electron chi connectivity index (χ2n) is 8.58. The van der Waals surface area contributed by atoms with Gasteiger partial charge in [0.25, 0.3) is 0 Å². The van der Waals surface area contributed by atoms with Gasteiger partial charge in [-0.2, -0.15) is 13.2 Å². The molecule has 1 aliphatic carbocycles. The average molecular weight is 542 g/mol. The molecule has 1 saturated carbocycles. The van der Waals surface area contributed by atoms with Crippen LogP contribution in [0.1, 0.15) is 18.4 Å². The molecule has 3 aromatic rings. The molecule has 0 amide bonds. The van der Waals surface area contributed by atoms with Gasteiger partial charge in [-0.25, -0.2) is 14.8 Å². The fourth-order valence-electron chi connectivity index (χ4n) is 3.76. The van der Waals surface area contributed by atoms with Crippen molar-refractivity contribution in [2.24, 2.45) is 0 Å². The Labute approximate surface area is 215 Å². The number of aromatic nitrogens is 2. The summed E-state index contributed by atoms with van der Waals surface area (Å²) in [5.74, 6) is -0.874. The molecular weight excluding hydrogens is 518 g/mol. The van der Waals surface area contributed by atoms with Crippen molar-refractivity contribution in [3.8, 4) is 0 Å². The molecule has 1 saturated heterocycles. The number of para-hydroxylation sites is 2. The standard InChI is InChI=1S/C22H23Cl2N5.C2HF3O2/c23-17-5-3-4-15(20(17)24)14-28-10-12-29(13-11-28)22-21(25-16-8-9-16)26-18-6-1-2-7-19(18)27-22;3-2(4,5)1(6)7/h1-7,16H,8-14H2,(H,25,26);(H,6,7). The van der Waals surface area contributed by atoms with Crippen LogP contribution in [0.15, 0.2) is 42.5 Å². The van der Waals surface area contributed by atoms with E-state index in [1.165, 1.54) is 12.8 Å². The minimum absolute atomic E-state index is 0.537. The molecule has 1 aliphatic heterocycles. The lowest BCUT2D eigenvalue weighted by Crippen LogP contribution is -2.46. The van der Waals surface area contributed by atoms with Gasteiger partial charge in [0.05, 0.1) is 21.1 Å². The largest absolute Gasteiger partial charge is 0.490 e. The highest BCUT2D eigenvalue weighted by molar-refractivity contribution is 6.42. The molecule has 7 nitrogen and oxygen atoms in total. The van der Waals surface area contributed by atoms with Crippen molar-refractivity contribution in [3.05, 3.63) is 58.1 Å². The second-order valence-corrected chi connectivity index (χ2v) is 9.37. The van der Waals surface area contributed by atoms with Crippen LogP contribution >= 0.6 is 23.2 Å². The fourth-order valence-corrected chi connectivity index (χ4v) is 4.14. The first-order valence-electron chi connectivity index (χ1n) is 11.4. The van der Waals surface area contributed by atoms with Crippen LogP contribution in [-0.4, -0.2) is 64.3 Å². The molecule has 2 fully saturated rings. The van der Waals surface area contributed by atoms with Crippen LogP contribution in [0.2, 0.25) is 10.0 Å². The van der Waals surface area contributed by atoms with E-state index in [1.54, 1.807) is 0 Å². The van der Waals surface area contributed by atoms with E-state index >= 15 is 0 Å². The number of alkyl halides is 3. The summed E-state index contributed by atoms with van der Waals surface area (Å²) in [5, 5.41) is 12.0. The van der Waals surface area contributed by atoms with Crippen LogP contribution in [0.5, 0.6) is 0 Å². The average Bonchev–Trinajstić information content (AvgIpc) is 3.66. The first-order valence-corrected chi connectivity index (χ1v) is 12.1. The molecule has 0 atom stereocenters. The molecule has 2 heterocycles. The third-order valence-corrected chi connectivity index (χ3v) is 6.67. The van der Waals surface area contributed by atoms with Crippen molar-refractivity contribution in [2.45, 2.75) is 31.6 Å². The topological polar surface area (TPSA) is 81.6 Å². The first-order chi connectivity index (χ1) is 17.1. The van der Waals surface area contributed by atoms with E-state index in [1.807, 2.05) is 42.5 Å². The number of benzene rings is 2. The molecule has 0 radical (unpaired) electrons. The number of carbonyl (C=O) groups is 1. The molecule has 36 heavy (non-hydrogen) atoms. The number of anilines is 2. The zero-order valence-electron chi connectivity index (χ0n) is 19.1. The lowest BCUT2D eigenvalue weighted by molar-refractivity contribution is -0.192. The predicted molar refractivity (Wildman–Crippen MR) is 134 cm³/mol. The quantitative estimate of drug-likeness (QED) is 0.443. The normalized spacial score (nSPS) is 16.4. The summed E-state index contributed by atoms with van der Waals surface area (Å²) in [6, 6.07) is 14.5. The van der Waals surface area contributed by atoms with Crippen LogP contribution in [0, 0.1) is 0 Å². The van der Waals surface area contributed by atoms with Gasteiger partial charge in [-0.15, -0.1) is 0 Å². The highest BCUT2D eigenvalue weighted by Crippen LogP contribution is 2.32. The monoisotopic (exact) mass is 541 g/mol. The Morgan fingerprint density at radius 3 is 2.19 bits per heavy atom. The molecule has 0 spiro atoms. The number of nitrogens with zero attached hydrogens (tertiary/aromatic N) is 4. The molecule has 5 rings (SSSR count). The van der Waals surface area contributed by atoms with Gasteiger partial charge in [0.1, 0.15) is 0 Å². The second kappa shape index (κ2) is 11.1. The van der Waals surface area contributed by atoms with Crippen molar-refractivity contribution in [1.82, 2.24) is 14.9 Å². The number of hydrogen-bond donors (Lipinski definition) is 2. The van der Waals surface area contributed by atoms with Gasteiger partial charge in [-0.1, -0.05) is 47.5 Å².